The molecule has 0 saturated carbocycles. The van der Waals surface area contributed by atoms with Crippen molar-refractivity contribution in [1.29, 1.82) is 5.26 Å². The van der Waals surface area contributed by atoms with Crippen LogP contribution < -0.4 is 0 Å². The predicted octanol–water partition coefficient (Wildman–Crippen LogP) is 6.90. The van der Waals surface area contributed by atoms with Gasteiger partial charge in [0.2, 0.25) is 0 Å². The first-order valence-electron chi connectivity index (χ1n) is 8.28. The van der Waals surface area contributed by atoms with Crippen LogP contribution in [0.3, 0.4) is 0 Å². The lowest BCUT2D eigenvalue weighted by Crippen LogP contribution is -2.03. The topological polar surface area (TPSA) is 23.8 Å². The standard InChI is InChI=1S/C22H16F3NS/c1-15-11-16(9-10-26)13-21(12-15)27-20-4-2-3-18(14-20)17-5-7-19(8-6-17)22(23,24)25/h2-8,11-14H,9H2,1H3. The Morgan fingerprint density at radius 2 is 1.63 bits per heavy atom. The number of nitriles is 1. The Bertz CT molecular complexity index is 986. The zero-order chi connectivity index (χ0) is 19.4. The van der Waals surface area contributed by atoms with Crippen molar-refractivity contribution >= 4 is 11.8 Å². The molecule has 0 fully saturated rings. The molecule has 0 unspecified atom stereocenters. The van der Waals surface area contributed by atoms with E-state index in [2.05, 4.69) is 12.1 Å². The molecule has 0 aliphatic carbocycles. The highest BCUT2D eigenvalue weighted by Crippen LogP contribution is 2.34. The van der Waals surface area contributed by atoms with Crippen molar-refractivity contribution in [3.8, 4) is 17.2 Å². The van der Waals surface area contributed by atoms with E-state index < -0.39 is 11.7 Å². The van der Waals surface area contributed by atoms with Crippen LogP contribution in [0.2, 0.25) is 0 Å². The molecule has 0 N–H and O–H groups in total. The van der Waals surface area contributed by atoms with Crippen LogP contribution in [0.15, 0.2) is 76.5 Å². The van der Waals surface area contributed by atoms with E-state index in [-0.39, 0.29) is 0 Å². The van der Waals surface area contributed by atoms with E-state index in [1.54, 1.807) is 11.8 Å². The molecular weight excluding hydrogens is 367 g/mol. The van der Waals surface area contributed by atoms with Gasteiger partial charge in [-0.2, -0.15) is 18.4 Å². The van der Waals surface area contributed by atoms with Gasteiger partial charge in [-0.05, 0) is 65.6 Å². The highest BCUT2D eigenvalue weighted by Gasteiger charge is 2.29. The van der Waals surface area contributed by atoms with E-state index in [9.17, 15) is 13.2 Å². The maximum Gasteiger partial charge on any atom is 0.416 e. The molecule has 0 aliphatic heterocycles. The molecule has 0 atom stereocenters. The van der Waals surface area contributed by atoms with E-state index >= 15 is 0 Å². The minimum Gasteiger partial charge on any atom is -0.198 e. The third-order valence-electron chi connectivity index (χ3n) is 4.01. The molecular formula is C22H16F3NS. The summed E-state index contributed by atoms with van der Waals surface area (Å²) in [5.41, 5.74) is 3.00. The first-order valence-corrected chi connectivity index (χ1v) is 9.10. The first kappa shape index (κ1) is 19.1. The van der Waals surface area contributed by atoms with Crippen molar-refractivity contribution in [1.82, 2.24) is 0 Å². The Labute approximate surface area is 160 Å². The van der Waals surface area contributed by atoms with Crippen LogP contribution in [0.4, 0.5) is 13.2 Å². The van der Waals surface area contributed by atoms with Gasteiger partial charge in [0, 0.05) is 9.79 Å². The molecule has 0 aromatic heterocycles. The van der Waals surface area contributed by atoms with Crippen LogP contribution >= 0.6 is 11.8 Å². The van der Waals surface area contributed by atoms with Gasteiger partial charge >= 0.3 is 6.18 Å². The van der Waals surface area contributed by atoms with Crippen molar-refractivity contribution in [2.75, 3.05) is 0 Å². The van der Waals surface area contributed by atoms with Crippen LogP contribution in [0.5, 0.6) is 0 Å². The van der Waals surface area contributed by atoms with Crippen LogP contribution in [-0.4, -0.2) is 0 Å². The fourth-order valence-corrected chi connectivity index (χ4v) is 3.86. The van der Waals surface area contributed by atoms with Crippen molar-refractivity contribution < 1.29 is 13.2 Å². The van der Waals surface area contributed by atoms with Crippen LogP contribution in [0.1, 0.15) is 16.7 Å². The second-order valence-corrected chi connectivity index (χ2v) is 7.34. The highest BCUT2D eigenvalue weighted by molar-refractivity contribution is 7.99. The molecule has 0 heterocycles. The fourth-order valence-electron chi connectivity index (χ4n) is 2.80. The van der Waals surface area contributed by atoms with Crippen molar-refractivity contribution in [2.45, 2.75) is 29.3 Å². The Kier molecular flexibility index (Phi) is 5.57. The van der Waals surface area contributed by atoms with Gasteiger partial charge in [0.1, 0.15) is 0 Å². The highest BCUT2D eigenvalue weighted by atomic mass is 32.2. The molecule has 3 aromatic carbocycles. The summed E-state index contributed by atoms with van der Waals surface area (Å²) < 4.78 is 38.2. The lowest BCUT2D eigenvalue weighted by atomic mass is 10.0. The van der Waals surface area contributed by atoms with Gasteiger partial charge in [0.05, 0.1) is 18.1 Å². The lowest BCUT2D eigenvalue weighted by Gasteiger charge is -2.09. The van der Waals surface area contributed by atoms with E-state index in [0.29, 0.717) is 6.42 Å². The molecule has 0 radical (unpaired) electrons. The van der Waals surface area contributed by atoms with Gasteiger partial charge in [-0.25, -0.2) is 0 Å². The van der Waals surface area contributed by atoms with Crippen molar-refractivity contribution in [2.24, 2.45) is 0 Å². The summed E-state index contributed by atoms with van der Waals surface area (Å²) in [7, 11) is 0. The van der Waals surface area contributed by atoms with Gasteiger partial charge < -0.3 is 0 Å². The minimum atomic E-state index is -4.33. The van der Waals surface area contributed by atoms with Gasteiger partial charge in [-0.3, -0.25) is 0 Å². The van der Waals surface area contributed by atoms with E-state index in [0.717, 1.165) is 44.2 Å². The largest absolute Gasteiger partial charge is 0.416 e. The molecule has 0 spiro atoms. The van der Waals surface area contributed by atoms with Crippen LogP contribution in [0, 0.1) is 18.3 Å². The Balaban J connectivity index is 1.85. The second kappa shape index (κ2) is 7.89. The molecule has 5 heteroatoms. The van der Waals surface area contributed by atoms with E-state index in [4.69, 9.17) is 5.26 Å². The Morgan fingerprint density at radius 1 is 0.889 bits per heavy atom. The summed E-state index contributed by atoms with van der Waals surface area (Å²) in [6.45, 7) is 1.99. The van der Waals surface area contributed by atoms with Crippen molar-refractivity contribution in [3.63, 3.8) is 0 Å². The second-order valence-electron chi connectivity index (χ2n) is 6.19. The number of aryl methyl sites for hydroxylation is 1. The number of halogens is 3. The number of benzene rings is 3. The lowest BCUT2D eigenvalue weighted by molar-refractivity contribution is -0.137. The molecule has 27 heavy (non-hydrogen) atoms. The third kappa shape index (κ3) is 4.93. The summed E-state index contributed by atoms with van der Waals surface area (Å²) in [4.78, 5) is 2.02. The number of hydrogen-bond donors (Lipinski definition) is 0. The summed E-state index contributed by atoms with van der Waals surface area (Å²) in [6.07, 6.45) is -3.97. The SMILES string of the molecule is Cc1cc(CC#N)cc(Sc2cccc(-c3ccc(C(F)(F)F)cc3)c2)c1. The Hall–Kier alpha value is -2.71. The van der Waals surface area contributed by atoms with Crippen molar-refractivity contribution in [3.05, 3.63) is 83.4 Å². The molecule has 0 aliphatic rings. The van der Waals surface area contributed by atoms with Crippen LogP contribution in [0.25, 0.3) is 11.1 Å². The zero-order valence-corrected chi connectivity index (χ0v) is 15.4. The summed E-state index contributed by atoms with van der Waals surface area (Å²) in [5.74, 6) is 0. The van der Waals surface area contributed by atoms with E-state index in [1.165, 1.54) is 12.1 Å². The van der Waals surface area contributed by atoms with Gasteiger partial charge in [0.25, 0.3) is 0 Å². The summed E-state index contributed by atoms with van der Waals surface area (Å²) >= 11 is 1.57. The smallest absolute Gasteiger partial charge is 0.198 e. The molecule has 3 aromatic rings. The fraction of sp³-hybridized carbons (Fsp3) is 0.136. The summed E-state index contributed by atoms with van der Waals surface area (Å²) in [6, 6.07) is 21.1. The molecule has 3 rings (SSSR count). The number of hydrogen-bond acceptors (Lipinski definition) is 2. The zero-order valence-electron chi connectivity index (χ0n) is 14.5. The first-order chi connectivity index (χ1) is 12.8. The Morgan fingerprint density at radius 3 is 2.30 bits per heavy atom. The number of nitrogens with zero attached hydrogens (tertiary/aromatic N) is 1. The normalized spacial score (nSPS) is 11.2. The predicted molar refractivity (Wildman–Crippen MR) is 101 cm³/mol. The van der Waals surface area contributed by atoms with Crippen LogP contribution in [-0.2, 0) is 12.6 Å². The average Bonchev–Trinajstić information content (AvgIpc) is 2.61. The summed E-state index contributed by atoms with van der Waals surface area (Å²) in [5, 5.41) is 8.90. The molecule has 136 valence electrons. The minimum absolute atomic E-state index is 0.362. The van der Waals surface area contributed by atoms with Gasteiger partial charge in [-0.15, -0.1) is 0 Å². The monoisotopic (exact) mass is 383 g/mol. The molecule has 0 amide bonds. The molecule has 0 saturated heterocycles. The number of rotatable bonds is 4. The maximum absolute atomic E-state index is 12.7. The van der Waals surface area contributed by atoms with E-state index in [1.807, 2.05) is 43.3 Å². The third-order valence-corrected chi connectivity index (χ3v) is 4.97. The molecule has 1 nitrogen and oxygen atoms in total. The van der Waals surface area contributed by atoms with Gasteiger partial charge in [-0.1, -0.05) is 42.1 Å². The maximum atomic E-state index is 12.7. The average molecular weight is 383 g/mol. The quantitative estimate of drug-likeness (QED) is 0.489. The van der Waals surface area contributed by atoms with Gasteiger partial charge in [0.15, 0.2) is 0 Å². The molecule has 0 bridgehead atoms. The number of alkyl halides is 3.